The fourth-order valence-corrected chi connectivity index (χ4v) is 2.33. The van der Waals surface area contributed by atoms with E-state index in [4.69, 9.17) is 16.3 Å². The summed E-state index contributed by atoms with van der Waals surface area (Å²) in [6, 6.07) is 5.34. The Morgan fingerprint density at radius 1 is 1.22 bits per heavy atom. The van der Waals surface area contributed by atoms with Crippen LogP contribution in [0.2, 0.25) is 5.02 Å². The molecule has 0 saturated carbocycles. The predicted octanol–water partition coefficient (Wildman–Crippen LogP) is 2.54. The fourth-order valence-electron chi connectivity index (χ4n) is 2.14. The third-order valence-corrected chi connectivity index (χ3v) is 3.36. The minimum absolute atomic E-state index is 0. The van der Waals surface area contributed by atoms with Gasteiger partial charge in [0.25, 0.3) is 5.91 Å². The number of aliphatic hydroxyl groups excluding tert-OH is 1. The minimum Gasteiger partial charge on any atom is -0.483 e. The Kier molecular flexibility index (Phi) is 15.0. The van der Waals surface area contributed by atoms with Crippen LogP contribution in [0.3, 0.4) is 0 Å². The Bertz CT molecular complexity index is 552. The van der Waals surface area contributed by atoms with E-state index in [2.05, 4.69) is 16.0 Å². The number of hydrogen-bond acceptors (Lipinski definition) is 5. The van der Waals surface area contributed by atoms with E-state index in [0.717, 1.165) is 18.7 Å². The maximum atomic E-state index is 11.9. The number of carbonyl (C=O) groups is 1. The van der Waals surface area contributed by atoms with Crippen molar-refractivity contribution < 1.29 is 14.6 Å². The molecule has 0 saturated heterocycles. The smallest absolute Gasteiger partial charge is 0.258 e. The third kappa shape index (κ3) is 14.0. The van der Waals surface area contributed by atoms with Crippen molar-refractivity contribution in [1.29, 1.82) is 0 Å². The zero-order valence-corrected chi connectivity index (χ0v) is 18.7. The molecule has 1 atom stereocenters. The Balaban J connectivity index is 0. The highest BCUT2D eigenvalue weighted by molar-refractivity contribution is 6.30. The lowest BCUT2D eigenvalue weighted by Gasteiger charge is -2.21. The zero-order chi connectivity index (χ0) is 18.9. The average molecular weight is 445 g/mol. The molecular weight excluding hydrogens is 413 g/mol. The van der Waals surface area contributed by atoms with Crippen LogP contribution in [0.1, 0.15) is 33.3 Å². The largest absolute Gasteiger partial charge is 0.483 e. The van der Waals surface area contributed by atoms with Crippen molar-refractivity contribution in [2.75, 3.05) is 26.2 Å². The molecule has 6 nitrogen and oxygen atoms in total. The van der Waals surface area contributed by atoms with E-state index in [9.17, 15) is 9.90 Å². The summed E-state index contributed by atoms with van der Waals surface area (Å²) in [5.41, 5.74) is 0.607. The maximum absolute atomic E-state index is 11.9. The van der Waals surface area contributed by atoms with Gasteiger partial charge < -0.3 is 25.8 Å². The van der Waals surface area contributed by atoms with Crippen LogP contribution < -0.4 is 20.7 Å². The number of hydrogen-bond donors (Lipinski definition) is 4. The van der Waals surface area contributed by atoms with Gasteiger partial charge >= 0.3 is 0 Å². The number of aliphatic hydroxyl groups is 1. The van der Waals surface area contributed by atoms with E-state index in [-0.39, 0.29) is 49.0 Å². The number of benzene rings is 1. The Labute approximate surface area is 179 Å². The molecule has 1 amide bonds. The summed E-state index contributed by atoms with van der Waals surface area (Å²) < 4.78 is 5.65. The molecule has 0 aliphatic heterocycles. The van der Waals surface area contributed by atoms with Gasteiger partial charge in [0.15, 0.2) is 6.61 Å². The van der Waals surface area contributed by atoms with Crippen molar-refractivity contribution >= 4 is 42.3 Å². The molecule has 0 bridgehead atoms. The van der Waals surface area contributed by atoms with Gasteiger partial charge in [-0.1, -0.05) is 11.6 Å². The molecule has 0 radical (unpaired) electrons. The van der Waals surface area contributed by atoms with Gasteiger partial charge in [0.1, 0.15) is 5.75 Å². The molecule has 1 rings (SSSR count). The topological polar surface area (TPSA) is 82.6 Å². The van der Waals surface area contributed by atoms with Gasteiger partial charge in [0.05, 0.1) is 6.10 Å². The average Bonchev–Trinajstić information content (AvgIpc) is 2.47. The van der Waals surface area contributed by atoms with Crippen LogP contribution in [0.25, 0.3) is 0 Å². The van der Waals surface area contributed by atoms with E-state index in [1.807, 2.05) is 26.8 Å². The number of amides is 1. The van der Waals surface area contributed by atoms with Gasteiger partial charge in [-0.25, -0.2) is 0 Å². The number of ether oxygens (including phenoxy) is 1. The van der Waals surface area contributed by atoms with Gasteiger partial charge in [-0.3, -0.25) is 4.79 Å². The number of halogens is 3. The van der Waals surface area contributed by atoms with Gasteiger partial charge in [0, 0.05) is 42.3 Å². The molecule has 9 heteroatoms. The highest BCUT2D eigenvalue weighted by Crippen LogP contribution is 2.22. The highest BCUT2D eigenvalue weighted by Gasteiger charge is 2.14. The van der Waals surface area contributed by atoms with Crippen molar-refractivity contribution in [1.82, 2.24) is 16.0 Å². The van der Waals surface area contributed by atoms with Crippen LogP contribution in [-0.4, -0.2) is 48.9 Å². The first-order chi connectivity index (χ1) is 11.7. The van der Waals surface area contributed by atoms with E-state index in [1.165, 1.54) is 0 Å². The lowest BCUT2D eigenvalue weighted by molar-refractivity contribution is -0.124. The van der Waals surface area contributed by atoms with Crippen LogP contribution >= 0.6 is 36.4 Å². The van der Waals surface area contributed by atoms with Gasteiger partial charge in [0.2, 0.25) is 0 Å². The van der Waals surface area contributed by atoms with Gasteiger partial charge in [-0.2, -0.15) is 0 Å². The molecule has 0 aliphatic rings. The molecule has 4 N–H and O–H groups in total. The molecule has 0 aromatic heterocycles. The quantitative estimate of drug-likeness (QED) is 0.417. The van der Waals surface area contributed by atoms with Crippen LogP contribution in [0.15, 0.2) is 18.2 Å². The first-order valence-corrected chi connectivity index (χ1v) is 8.87. The standard InChI is InChI=1S/C18H30ClN3O3.2ClH/c1-13(23)10-20-7-8-21-11-14-9-15(19)5-6-16(14)25-12-17(24)22-18(2,3)4;;/h5-6,9,13,20-21,23H,7-8,10-12H2,1-4H3,(H,22,24);2*1H. The first-order valence-electron chi connectivity index (χ1n) is 8.49. The molecule has 0 fully saturated rings. The second-order valence-electron chi connectivity index (χ2n) is 7.07. The highest BCUT2D eigenvalue weighted by atomic mass is 35.5. The summed E-state index contributed by atoms with van der Waals surface area (Å²) in [5.74, 6) is 0.474. The van der Waals surface area contributed by atoms with Crippen molar-refractivity contribution in [2.45, 2.75) is 45.9 Å². The molecule has 27 heavy (non-hydrogen) atoms. The molecule has 1 aromatic rings. The maximum Gasteiger partial charge on any atom is 0.258 e. The first kappa shape index (κ1) is 28.4. The monoisotopic (exact) mass is 443 g/mol. The lowest BCUT2D eigenvalue weighted by atomic mass is 10.1. The van der Waals surface area contributed by atoms with Crippen LogP contribution in [0.4, 0.5) is 0 Å². The lowest BCUT2D eigenvalue weighted by Crippen LogP contribution is -2.43. The van der Waals surface area contributed by atoms with Crippen molar-refractivity contribution in [3.8, 4) is 5.75 Å². The number of rotatable bonds is 10. The van der Waals surface area contributed by atoms with E-state index >= 15 is 0 Å². The van der Waals surface area contributed by atoms with Crippen molar-refractivity contribution in [3.05, 3.63) is 28.8 Å². The van der Waals surface area contributed by atoms with E-state index in [0.29, 0.717) is 23.9 Å². The van der Waals surface area contributed by atoms with Crippen molar-refractivity contribution in [2.24, 2.45) is 0 Å². The molecule has 1 aromatic carbocycles. The minimum atomic E-state index is -0.354. The van der Waals surface area contributed by atoms with Crippen LogP contribution in [0.5, 0.6) is 5.75 Å². The van der Waals surface area contributed by atoms with Gasteiger partial charge in [-0.15, -0.1) is 24.8 Å². The van der Waals surface area contributed by atoms with Crippen molar-refractivity contribution in [3.63, 3.8) is 0 Å². The second-order valence-corrected chi connectivity index (χ2v) is 7.51. The van der Waals surface area contributed by atoms with Gasteiger partial charge in [-0.05, 0) is 45.9 Å². The molecule has 0 heterocycles. The Morgan fingerprint density at radius 2 is 1.85 bits per heavy atom. The third-order valence-electron chi connectivity index (χ3n) is 3.13. The Morgan fingerprint density at radius 3 is 2.44 bits per heavy atom. The molecule has 0 spiro atoms. The summed E-state index contributed by atoms with van der Waals surface area (Å²) in [4.78, 5) is 11.9. The van der Waals surface area contributed by atoms with E-state index < -0.39 is 0 Å². The summed E-state index contributed by atoms with van der Waals surface area (Å²) >= 11 is 6.06. The predicted molar refractivity (Wildman–Crippen MR) is 116 cm³/mol. The van der Waals surface area contributed by atoms with Crippen LogP contribution in [-0.2, 0) is 11.3 Å². The zero-order valence-electron chi connectivity index (χ0n) is 16.3. The normalized spacial score (nSPS) is 11.8. The summed E-state index contributed by atoms with van der Waals surface area (Å²) in [6.45, 7) is 10.1. The molecular formula is C18H32Cl3N3O3. The Hall–Kier alpha value is -0.760. The number of nitrogens with one attached hydrogen (secondary N) is 3. The summed E-state index contributed by atoms with van der Waals surface area (Å²) in [7, 11) is 0. The molecule has 158 valence electrons. The van der Waals surface area contributed by atoms with Crippen LogP contribution in [0, 0.1) is 0 Å². The number of carbonyl (C=O) groups excluding carboxylic acids is 1. The molecule has 1 unspecified atom stereocenters. The molecule has 0 aliphatic carbocycles. The SMILES string of the molecule is CC(O)CNCCNCc1cc(Cl)ccc1OCC(=O)NC(C)(C)C.Cl.Cl. The summed E-state index contributed by atoms with van der Waals surface area (Å²) in [6.07, 6.45) is -0.354. The summed E-state index contributed by atoms with van der Waals surface area (Å²) in [5, 5.41) is 19.1. The van der Waals surface area contributed by atoms with E-state index in [1.54, 1.807) is 19.1 Å². The second kappa shape index (κ2) is 14.3. The fraction of sp³-hybridized carbons (Fsp3) is 0.611.